The molecule has 1 aliphatic rings. The van der Waals surface area contributed by atoms with E-state index < -0.39 is 0 Å². The Kier molecular flexibility index (Phi) is 6.01. The minimum absolute atomic E-state index is 0.158. The van der Waals surface area contributed by atoms with E-state index in [1.807, 2.05) is 48.9 Å². The van der Waals surface area contributed by atoms with Crippen molar-refractivity contribution in [3.8, 4) is 5.82 Å². The van der Waals surface area contributed by atoms with Gasteiger partial charge in [-0.05, 0) is 44.0 Å². The zero-order valence-corrected chi connectivity index (χ0v) is 17.7. The number of hydrogen-bond donors (Lipinski definition) is 2. The molecule has 0 radical (unpaired) electrons. The van der Waals surface area contributed by atoms with Gasteiger partial charge in [-0.1, -0.05) is 23.7 Å². The Bertz CT molecular complexity index is 1050. The van der Waals surface area contributed by atoms with Gasteiger partial charge in [-0.2, -0.15) is 4.98 Å². The summed E-state index contributed by atoms with van der Waals surface area (Å²) in [6.07, 6.45) is 6.32. The van der Waals surface area contributed by atoms with Gasteiger partial charge in [0.15, 0.2) is 0 Å². The van der Waals surface area contributed by atoms with Gasteiger partial charge in [-0.15, -0.1) is 0 Å². The number of carbonyl (C=O) groups excluding carboxylic acids is 1. The fourth-order valence-corrected chi connectivity index (χ4v) is 3.60. The largest absolute Gasteiger partial charge is 0.379 e. The third kappa shape index (κ3) is 4.63. The lowest BCUT2D eigenvalue weighted by atomic mass is 10.1. The number of anilines is 1. The van der Waals surface area contributed by atoms with Crippen LogP contribution in [0, 0.1) is 6.92 Å². The van der Waals surface area contributed by atoms with Crippen molar-refractivity contribution in [2.24, 2.45) is 0 Å². The molecule has 1 aromatic carbocycles. The van der Waals surface area contributed by atoms with Crippen molar-refractivity contribution in [2.45, 2.75) is 32.4 Å². The Hall–Kier alpha value is -2.90. The van der Waals surface area contributed by atoms with Crippen LogP contribution < -0.4 is 10.6 Å². The Balaban J connectivity index is 1.48. The smallest absolute Gasteiger partial charge is 0.253 e. The first kappa shape index (κ1) is 20.4. The lowest BCUT2D eigenvalue weighted by molar-refractivity contribution is 0.0940. The summed E-state index contributed by atoms with van der Waals surface area (Å²) in [4.78, 5) is 21.7. The summed E-state index contributed by atoms with van der Waals surface area (Å²) in [6, 6.07) is 9.32. The second kappa shape index (κ2) is 8.85. The topological polar surface area (TPSA) is 81.1 Å². The normalized spacial score (nSPS) is 17.0. The number of rotatable bonds is 6. The molecule has 2 aromatic heterocycles. The quantitative estimate of drug-likeness (QED) is 0.625. The van der Waals surface area contributed by atoms with E-state index in [1.54, 1.807) is 18.5 Å². The van der Waals surface area contributed by atoms with Gasteiger partial charge in [0.05, 0.1) is 24.3 Å². The number of aromatic nitrogens is 3. The number of ether oxygens (including phenoxy) is 1. The molecule has 3 heterocycles. The van der Waals surface area contributed by atoms with E-state index >= 15 is 0 Å². The molecule has 1 fully saturated rings. The van der Waals surface area contributed by atoms with E-state index in [1.165, 1.54) is 0 Å². The minimum Gasteiger partial charge on any atom is -0.379 e. The molecule has 0 unspecified atom stereocenters. The summed E-state index contributed by atoms with van der Waals surface area (Å²) >= 11 is 6.05. The lowest BCUT2D eigenvalue weighted by Gasteiger charge is -2.14. The predicted octanol–water partition coefficient (Wildman–Crippen LogP) is 3.92. The monoisotopic (exact) mass is 425 g/mol. The first-order valence-corrected chi connectivity index (χ1v) is 10.3. The molecular weight excluding hydrogens is 402 g/mol. The SMILES string of the molecule is Cc1cnc(N[C@@H]2CCOC2)nc1-n1ccc(C(=O)N[C@H](C)c2cccc(Cl)c2)c1. The van der Waals surface area contributed by atoms with Crippen LogP contribution in [0.3, 0.4) is 0 Å². The van der Waals surface area contributed by atoms with E-state index in [2.05, 4.69) is 20.6 Å². The Morgan fingerprint density at radius 2 is 2.23 bits per heavy atom. The lowest BCUT2D eigenvalue weighted by Crippen LogP contribution is -2.26. The number of amides is 1. The van der Waals surface area contributed by atoms with Crippen LogP contribution >= 0.6 is 11.6 Å². The summed E-state index contributed by atoms with van der Waals surface area (Å²) in [7, 11) is 0. The molecule has 2 N–H and O–H groups in total. The molecule has 8 heteroatoms. The van der Waals surface area contributed by atoms with Crippen LogP contribution in [0.25, 0.3) is 5.82 Å². The maximum Gasteiger partial charge on any atom is 0.253 e. The molecule has 0 spiro atoms. The summed E-state index contributed by atoms with van der Waals surface area (Å²) in [5.41, 5.74) is 2.42. The highest BCUT2D eigenvalue weighted by molar-refractivity contribution is 6.30. The van der Waals surface area contributed by atoms with Gasteiger partial charge in [-0.3, -0.25) is 4.79 Å². The number of benzene rings is 1. The van der Waals surface area contributed by atoms with Crippen molar-refractivity contribution < 1.29 is 9.53 Å². The van der Waals surface area contributed by atoms with Crippen molar-refractivity contribution in [2.75, 3.05) is 18.5 Å². The van der Waals surface area contributed by atoms with E-state index in [0.29, 0.717) is 23.1 Å². The molecule has 0 saturated carbocycles. The number of halogens is 1. The first-order valence-electron chi connectivity index (χ1n) is 9.92. The molecule has 1 saturated heterocycles. The van der Waals surface area contributed by atoms with Crippen LogP contribution in [0.5, 0.6) is 0 Å². The number of nitrogens with zero attached hydrogens (tertiary/aromatic N) is 3. The van der Waals surface area contributed by atoms with Crippen molar-refractivity contribution in [3.63, 3.8) is 0 Å². The second-order valence-electron chi connectivity index (χ2n) is 7.46. The fraction of sp³-hybridized carbons (Fsp3) is 0.318. The van der Waals surface area contributed by atoms with Crippen LogP contribution in [0.15, 0.2) is 48.9 Å². The highest BCUT2D eigenvalue weighted by Crippen LogP contribution is 2.19. The molecule has 30 heavy (non-hydrogen) atoms. The average molecular weight is 426 g/mol. The maximum absolute atomic E-state index is 12.7. The zero-order valence-electron chi connectivity index (χ0n) is 16.9. The fourth-order valence-electron chi connectivity index (χ4n) is 3.40. The van der Waals surface area contributed by atoms with E-state index in [-0.39, 0.29) is 18.0 Å². The van der Waals surface area contributed by atoms with Gasteiger partial charge in [0, 0.05) is 35.8 Å². The average Bonchev–Trinajstić information content (AvgIpc) is 3.41. The third-order valence-electron chi connectivity index (χ3n) is 5.10. The minimum atomic E-state index is -0.162. The van der Waals surface area contributed by atoms with Gasteiger partial charge < -0.3 is 19.9 Å². The molecule has 156 valence electrons. The highest BCUT2D eigenvalue weighted by Gasteiger charge is 2.18. The summed E-state index contributed by atoms with van der Waals surface area (Å²) in [6.45, 7) is 5.28. The van der Waals surface area contributed by atoms with E-state index in [4.69, 9.17) is 16.3 Å². The molecule has 1 amide bonds. The molecule has 7 nitrogen and oxygen atoms in total. The van der Waals surface area contributed by atoms with E-state index in [0.717, 1.165) is 30.0 Å². The third-order valence-corrected chi connectivity index (χ3v) is 5.34. The maximum atomic E-state index is 12.7. The summed E-state index contributed by atoms with van der Waals surface area (Å²) in [5, 5.41) is 6.96. The van der Waals surface area contributed by atoms with Gasteiger partial charge in [0.25, 0.3) is 5.91 Å². The number of hydrogen-bond acceptors (Lipinski definition) is 5. The predicted molar refractivity (Wildman–Crippen MR) is 116 cm³/mol. The Morgan fingerprint density at radius 1 is 1.37 bits per heavy atom. The van der Waals surface area contributed by atoms with Crippen molar-refractivity contribution in [1.29, 1.82) is 0 Å². The van der Waals surface area contributed by atoms with Crippen molar-refractivity contribution in [3.05, 3.63) is 70.6 Å². The van der Waals surface area contributed by atoms with Crippen LogP contribution in [-0.4, -0.2) is 39.7 Å². The Morgan fingerprint density at radius 3 is 3.00 bits per heavy atom. The van der Waals surface area contributed by atoms with Gasteiger partial charge in [0.2, 0.25) is 5.95 Å². The zero-order chi connectivity index (χ0) is 21.1. The van der Waals surface area contributed by atoms with Crippen molar-refractivity contribution in [1.82, 2.24) is 19.9 Å². The summed E-state index contributed by atoms with van der Waals surface area (Å²) < 4.78 is 7.23. The van der Waals surface area contributed by atoms with Gasteiger partial charge >= 0.3 is 0 Å². The molecular formula is C22H24ClN5O2. The summed E-state index contributed by atoms with van der Waals surface area (Å²) in [5.74, 6) is 1.13. The number of carbonyl (C=O) groups is 1. The molecule has 0 bridgehead atoms. The van der Waals surface area contributed by atoms with Crippen LogP contribution in [0.4, 0.5) is 5.95 Å². The number of nitrogens with one attached hydrogen (secondary N) is 2. The van der Waals surface area contributed by atoms with E-state index in [9.17, 15) is 4.79 Å². The molecule has 1 aliphatic heterocycles. The second-order valence-corrected chi connectivity index (χ2v) is 7.90. The highest BCUT2D eigenvalue weighted by atomic mass is 35.5. The number of aryl methyl sites for hydroxylation is 1. The Labute approximate surface area is 180 Å². The van der Waals surface area contributed by atoms with Gasteiger partial charge in [-0.25, -0.2) is 4.98 Å². The van der Waals surface area contributed by atoms with Crippen molar-refractivity contribution >= 4 is 23.5 Å². The van der Waals surface area contributed by atoms with Crippen LogP contribution in [0.1, 0.15) is 40.9 Å². The van der Waals surface area contributed by atoms with Crippen LogP contribution in [-0.2, 0) is 4.74 Å². The molecule has 3 aromatic rings. The first-order chi connectivity index (χ1) is 14.5. The van der Waals surface area contributed by atoms with Gasteiger partial charge in [0.1, 0.15) is 5.82 Å². The van der Waals surface area contributed by atoms with Crippen LogP contribution in [0.2, 0.25) is 5.02 Å². The molecule has 2 atom stereocenters. The standard InChI is InChI=1S/C22H24ClN5O2/c1-14-11-24-22(26-19-7-9-30-13-19)27-20(14)28-8-6-17(12-28)21(29)25-15(2)16-4-3-5-18(23)10-16/h3-6,8,10-12,15,19H,7,9,13H2,1-2H3,(H,25,29)(H,24,26,27)/t15-,19-/m1/s1. The molecule has 0 aliphatic carbocycles. The molecule has 4 rings (SSSR count).